The second-order valence-electron chi connectivity index (χ2n) is 3.06. The summed E-state index contributed by atoms with van der Waals surface area (Å²) in [5, 5.41) is 0. The first kappa shape index (κ1) is 9.71. The number of benzene rings is 2. The van der Waals surface area contributed by atoms with E-state index in [1.807, 2.05) is 0 Å². The first-order valence-corrected chi connectivity index (χ1v) is 8.89. The van der Waals surface area contributed by atoms with Gasteiger partial charge in [-0.3, -0.25) is 0 Å². The number of rotatable bonds is 2. The van der Waals surface area contributed by atoms with Gasteiger partial charge < -0.3 is 0 Å². The first-order chi connectivity index (χ1) is 6.88. The van der Waals surface area contributed by atoms with Crippen molar-refractivity contribution in [2.75, 3.05) is 4.93 Å². The molecule has 0 fully saturated rings. The summed E-state index contributed by atoms with van der Waals surface area (Å²) in [5.74, 6) is 0. The molecule has 2 rings (SSSR count). The molecule has 0 bridgehead atoms. The zero-order chi connectivity index (χ0) is 9.80. The summed E-state index contributed by atoms with van der Waals surface area (Å²) < 4.78 is 3.06. The van der Waals surface area contributed by atoms with Gasteiger partial charge >= 0.3 is 92.6 Å². The number of halogens is 1. The maximum absolute atomic E-state index is 2.40. The van der Waals surface area contributed by atoms with Gasteiger partial charge in [0.1, 0.15) is 0 Å². The van der Waals surface area contributed by atoms with Crippen LogP contribution in [-0.2, 0) is 0 Å². The Kier molecular flexibility index (Phi) is 3.19. The molecule has 2 aromatic carbocycles. The van der Waals surface area contributed by atoms with E-state index in [2.05, 4.69) is 65.6 Å². The predicted octanol–water partition coefficient (Wildman–Crippen LogP) is 3.86. The van der Waals surface area contributed by atoms with Crippen molar-refractivity contribution in [1.29, 1.82) is 0 Å². The van der Waals surface area contributed by atoms with Gasteiger partial charge in [-0.25, -0.2) is 0 Å². The molecule has 2 aromatic rings. The van der Waals surface area contributed by atoms with Gasteiger partial charge in [-0.15, -0.1) is 0 Å². The monoisotopic (exact) mass is 296 g/mol. The van der Waals surface area contributed by atoms with Crippen LogP contribution in [0, 0.1) is 7.14 Å². The molecule has 0 unspecified atom stereocenters. The Hall–Kier alpha value is -0.830. The van der Waals surface area contributed by atoms with Crippen LogP contribution in [0.25, 0.3) is 0 Å². The third-order valence-electron chi connectivity index (χ3n) is 2.12. The summed E-state index contributed by atoms with van der Waals surface area (Å²) in [6, 6.07) is 21.7. The summed E-state index contributed by atoms with van der Waals surface area (Å²) in [5.41, 5.74) is 0. The molecule has 0 radical (unpaired) electrons. The van der Waals surface area contributed by atoms with Gasteiger partial charge in [0, 0.05) is 0 Å². The van der Waals surface area contributed by atoms with Crippen LogP contribution in [-0.4, -0.2) is 4.93 Å². The first-order valence-electron chi connectivity index (χ1n) is 4.58. The van der Waals surface area contributed by atoms with Crippen LogP contribution >= 0.6 is 19.8 Å². The Labute approximate surface area is 92.4 Å². The van der Waals surface area contributed by atoms with Crippen molar-refractivity contribution in [3.05, 3.63) is 67.8 Å². The fourth-order valence-electron chi connectivity index (χ4n) is 1.33. The number of alkyl halides is 1. The summed E-state index contributed by atoms with van der Waals surface area (Å²) in [6.45, 7) is 0. The third kappa shape index (κ3) is 2.15. The van der Waals surface area contributed by atoms with Crippen molar-refractivity contribution in [2.24, 2.45) is 0 Å². The van der Waals surface area contributed by atoms with Crippen LogP contribution in [0.3, 0.4) is 0 Å². The molecule has 72 valence electrons. The summed E-state index contributed by atoms with van der Waals surface area (Å²) in [7, 11) is 0. The average molecular weight is 296 g/mol. The van der Waals surface area contributed by atoms with E-state index in [9.17, 15) is 0 Å². The summed E-state index contributed by atoms with van der Waals surface area (Å²) >= 11 is -1.10. The second kappa shape index (κ2) is 4.60. The second-order valence-corrected chi connectivity index (χ2v) is 8.25. The topological polar surface area (TPSA) is 0 Å². The van der Waals surface area contributed by atoms with Crippen LogP contribution in [0.15, 0.2) is 60.7 Å². The van der Waals surface area contributed by atoms with E-state index in [0.29, 0.717) is 0 Å². The molecule has 14 heavy (non-hydrogen) atoms. The zero-order valence-corrected chi connectivity index (χ0v) is 10.3. The molecular formula is C13H13I. The zero-order valence-electron chi connectivity index (χ0n) is 8.15. The molecular weight excluding hydrogens is 283 g/mol. The fourth-order valence-corrected chi connectivity index (χ4v) is 5.04. The molecule has 0 nitrogen and oxygen atoms in total. The van der Waals surface area contributed by atoms with Crippen LogP contribution in [0.1, 0.15) is 0 Å². The number of hydrogen-bond donors (Lipinski definition) is 0. The van der Waals surface area contributed by atoms with Crippen LogP contribution in [0.4, 0.5) is 0 Å². The Morgan fingerprint density at radius 2 is 1.00 bits per heavy atom. The molecule has 0 aliphatic heterocycles. The van der Waals surface area contributed by atoms with Crippen molar-refractivity contribution in [3.63, 3.8) is 0 Å². The quantitative estimate of drug-likeness (QED) is 0.583. The number of hydrogen-bond acceptors (Lipinski definition) is 0. The van der Waals surface area contributed by atoms with Crippen molar-refractivity contribution >= 4 is 19.8 Å². The molecule has 0 N–H and O–H groups in total. The van der Waals surface area contributed by atoms with Crippen LogP contribution in [0.2, 0.25) is 0 Å². The van der Waals surface area contributed by atoms with Gasteiger partial charge in [0.05, 0.1) is 0 Å². The van der Waals surface area contributed by atoms with E-state index in [4.69, 9.17) is 0 Å². The van der Waals surface area contributed by atoms with E-state index in [0.717, 1.165) is 0 Å². The SMILES string of the molecule is CI(c1ccccc1)c1ccccc1. The van der Waals surface area contributed by atoms with E-state index >= 15 is 0 Å². The molecule has 0 atom stereocenters. The minimum absolute atomic E-state index is 1.10. The van der Waals surface area contributed by atoms with Gasteiger partial charge in [-0.2, -0.15) is 0 Å². The molecule has 0 saturated carbocycles. The average Bonchev–Trinajstić information content (AvgIpc) is 2.30. The van der Waals surface area contributed by atoms with Crippen molar-refractivity contribution < 1.29 is 0 Å². The Morgan fingerprint density at radius 1 is 0.643 bits per heavy atom. The summed E-state index contributed by atoms with van der Waals surface area (Å²) in [6.07, 6.45) is 0. The molecule has 0 aliphatic carbocycles. The van der Waals surface area contributed by atoms with Crippen molar-refractivity contribution in [3.8, 4) is 0 Å². The van der Waals surface area contributed by atoms with Gasteiger partial charge in [0.25, 0.3) is 0 Å². The van der Waals surface area contributed by atoms with Gasteiger partial charge in [0.2, 0.25) is 0 Å². The molecule has 1 heteroatoms. The molecule has 0 aromatic heterocycles. The molecule has 0 aliphatic rings. The predicted molar refractivity (Wildman–Crippen MR) is 70.2 cm³/mol. The minimum atomic E-state index is -1.10. The molecule has 0 spiro atoms. The Morgan fingerprint density at radius 3 is 1.36 bits per heavy atom. The normalized spacial score (nSPS) is 11.1. The molecule has 0 saturated heterocycles. The molecule has 0 amide bonds. The van der Waals surface area contributed by atoms with Gasteiger partial charge in [-0.1, -0.05) is 0 Å². The summed E-state index contributed by atoms with van der Waals surface area (Å²) in [4.78, 5) is 2.40. The van der Waals surface area contributed by atoms with Gasteiger partial charge in [0.15, 0.2) is 0 Å². The standard InChI is InChI=1S/C13H13I/c1-14(12-8-4-2-5-9-12)13-10-6-3-7-11-13/h2-11H,1H3. The molecule has 0 heterocycles. The van der Waals surface area contributed by atoms with Gasteiger partial charge in [-0.05, 0) is 0 Å². The van der Waals surface area contributed by atoms with Crippen LogP contribution < -0.4 is 0 Å². The maximum atomic E-state index is 2.40. The van der Waals surface area contributed by atoms with E-state index < -0.39 is 19.8 Å². The van der Waals surface area contributed by atoms with Crippen molar-refractivity contribution in [2.45, 2.75) is 0 Å². The van der Waals surface area contributed by atoms with Crippen LogP contribution in [0.5, 0.6) is 0 Å². The van der Waals surface area contributed by atoms with E-state index in [1.165, 1.54) is 7.14 Å². The third-order valence-corrected chi connectivity index (χ3v) is 7.30. The van der Waals surface area contributed by atoms with E-state index in [-0.39, 0.29) is 0 Å². The van der Waals surface area contributed by atoms with E-state index in [1.54, 1.807) is 0 Å². The Balaban J connectivity index is 2.30. The van der Waals surface area contributed by atoms with Crippen molar-refractivity contribution in [1.82, 2.24) is 0 Å². The Bertz CT molecular complexity index is 341. The fraction of sp³-hybridized carbons (Fsp3) is 0.0769.